The number of benzene rings is 1. The van der Waals surface area contributed by atoms with E-state index < -0.39 is 0 Å². The van der Waals surface area contributed by atoms with E-state index in [-0.39, 0.29) is 5.97 Å². The molecule has 20 heavy (non-hydrogen) atoms. The van der Waals surface area contributed by atoms with Gasteiger partial charge in [-0.25, -0.2) is 0 Å². The maximum atomic E-state index is 10.9. The Kier molecular flexibility index (Phi) is 7.78. The van der Waals surface area contributed by atoms with Crippen molar-refractivity contribution in [3.8, 4) is 5.75 Å². The summed E-state index contributed by atoms with van der Waals surface area (Å²) >= 11 is 0. The fourth-order valence-corrected chi connectivity index (χ4v) is 2.03. The molecule has 0 radical (unpaired) electrons. The fourth-order valence-electron chi connectivity index (χ4n) is 2.03. The lowest BCUT2D eigenvalue weighted by Gasteiger charge is -2.08. The molecule has 1 aromatic rings. The van der Waals surface area contributed by atoms with Crippen molar-refractivity contribution in [3.05, 3.63) is 29.8 Å². The molecule has 0 fully saturated rings. The van der Waals surface area contributed by atoms with Crippen LogP contribution in [0.4, 0.5) is 0 Å². The third kappa shape index (κ3) is 7.17. The number of rotatable bonds is 9. The van der Waals surface area contributed by atoms with Crippen molar-refractivity contribution in [2.45, 2.75) is 46.0 Å². The van der Waals surface area contributed by atoms with Crippen LogP contribution in [-0.4, -0.2) is 19.7 Å². The van der Waals surface area contributed by atoms with Gasteiger partial charge < -0.3 is 9.47 Å². The molecule has 1 aromatic carbocycles. The summed E-state index contributed by atoms with van der Waals surface area (Å²) in [6.45, 7) is 5.14. The van der Waals surface area contributed by atoms with Crippen molar-refractivity contribution in [1.82, 2.24) is 0 Å². The summed E-state index contributed by atoms with van der Waals surface area (Å²) in [5, 5.41) is 0. The molecule has 3 heteroatoms. The molecule has 0 amide bonds. The van der Waals surface area contributed by atoms with Crippen LogP contribution in [-0.2, 0) is 16.0 Å². The summed E-state index contributed by atoms with van der Waals surface area (Å²) in [5.74, 6) is 1.47. The van der Waals surface area contributed by atoms with Crippen LogP contribution in [0.3, 0.4) is 0 Å². The molecule has 0 spiro atoms. The number of carbonyl (C=O) groups is 1. The first kappa shape index (κ1) is 16.5. The molecule has 0 aromatic heterocycles. The minimum atomic E-state index is -0.133. The average Bonchev–Trinajstić information content (AvgIpc) is 2.43. The smallest absolute Gasteiger partial charge is 0.305 e. The number of ether oxygens (including phenoxy) is 2. The highest BCUT2D eigenvalue weighted by Gasteiger charge is 2.01. The van der Waals surface area contributed by atoms with Crippen LogP contribution in [0.2, 0.25) is 0 Å². The number of carbonyl (C=O) groups excluding carboxylic acids is 1. The quantitative estimate of drug-likeness (QED) is 0.506. The summed E-state index contributed by atoms with van der Waals surface area (Å²) in [6.07, 6.45) is 4.42. The Bertz CT molecular complexity index is 382. The highest BCUT2D eigenvalue weighted by molar-refractivity contribution is 5.68. The van der Waals surface area contributed by atoms with Crippen molar-refractivity contribution < 1.29 is 14.3 Å². The van der Waals surface area contributed by atoms with Gasteiger partial charge >= 0.3 is 5.97 Å². The third-order valence-electron chi connectivity index (χ3n) is 3.09. The van der Waals surface area contributed by atoms with Gasteiger partial charge in [-0.2, -0.15) is 0 Å². The Balaban J connectivity index is 2.14. The Morgan fingerprint density at radius 2 is 1.80 bits per heavy atom. The largest absolute Gasteiger partial charge is 0.494 e. The Hall–Kier alpha value is -1.51. The minimum absolute atomic E-state index is 0.133. The zero-order valence-electron chi connectivity index (χ0n) is 12.9. The summed E-state index contributed by atoms with van der Waals surface area (Å²) in [7, 11) is 1.42. The minimum Gasteiger partial charge on any atom is -0.494 e. The maximum absolute atomic E-state index is 10.9. The van der Waals surface area contributed by atoms with Gasteiger partial charge in [-0.05, 0) is 49.3 Å². The van der Waals surface area contributed by atoms with Gasteiger partial charge in [-0.3, -0.25) is 4.79 Å². The predicted molar refractivity (Wildman–Crippen MR) is 81.0 cm³/mol. The van der Waals surface area contributed by atoms with Gasteiger partial charge in [0.2, 0.25) is 0 Å². The van der Waals surface area contributed by atoms with E-state index in [0.717, 1.165) is 31.4 Å². The SMILES string of the molecule is COC(=O)CCCCCOc1ccc(CC(C)C)cc1. The van der Waals surface area contributed by atoms with Crippen LogP contribution in [0.5, 0.6) is 5.75 Å². The number of hydrogen-bond acceptors (Lipinski definition) is 3. The second-order valence-corrected chi connectivity index (χ2v) is 5.48. The van der Waals surface area contributed by atoms with Gasteiger partial charge in [-0.15, -0.1) is 0 Å². The number of methoxy groups -OCH3 is 1. The van der Waals surface area contributed by atoms with Crippen molar-refractivity contribution in [2.75, 3.05) is 13.7 Å². The van der Waals surface area contributed by atoms with Gasteiger partial charge in [0.15, 0.2) is 0 Å². The van der Waals surface area contributed by atoms with E-state index in [1.54, 1.807) is 0 Å². The maximum Gasteiger partial charge on any atom is 0.305 e. The fraction of sp³-hybridized carbons (Fsp3) is 0.588. The second kappa shape index (κ2) is 9.40. The molecular weight excluding hydrogens is 252 g/mol. The molecule has 0 aliphatic rings. The van der Waals surface area contributed by atoms with Crippen molar-refractivity contribution >= 4 is 5.97 Å². The van der Waals surface area contributed by atoms with Gasteiger partial charge in [0.05, 0.1) is 13.7 Å². The Morgan fingerprint density at radius 1 is 1.10 bits per heavy atom. The van der Waals surface area contributed by atoms with E-state index in [1.165, 1.54) is 12.7 Å². The summed E-state index contributed by atoms with van der Waals surface area (Å²) in [4.78, 5) is 10.9. The third-order valence-corrected chi connectivity index (χ3v) is 3.09. The highest BCUT2D eigenvalue weighted by Crippen LogP contribution is 2.15. The van der Waals surface area contributed by atoms with Crippen molar-refractivity contribution in [2.24, 2.45) is 5.92 Å². The van der Waals surface area contributed by atoms with Gasteiger partial charge in [0.1, 0.15) is 5.75 Å². The number of esters is 1. The molecule has 0 unspecified atom stereocenters. The van der Waals surface area contributed by atoms with Gasteiger partial charge in [0.25, 0.3) is 0 Å². The van der Waals surface area contributed by atoms with Crippen LogP contribution in [0, 0.1) is 5.92 Å². The lowest BCUT2D eigenvalue weighted by atomic mass is 10.0. The Morgan fingerprint density at radius 3 is 2.40 bits per heavy atom. The molecule has 0 saturated heterocycles. The normalized spacial score (nSPS) is 10.6. The van der Waals surface area contributed by atoms with Gasteiger partial charge in [0, 0.05) is 6.42 Å². The van der Waals surface area contributed by atoms with E-state index in [4.69, 9.17) is 4.74 Å². The molecule has 0 N–H and O–H groups in total. The van der Waals surface area contributed by atoms with Crippen molar-refractivity contribution in [3.63, 3.8) is 0 Å². The van der Waals surface area contributed by atoms with E-state index in [9.17, 15) is 4.79 Å². The van der Waals surface area contributed by atoms with E-state index >= 15 is 0 Å². The monoisotopic (exact) mass is 278 g/mol. The predicted octanol–water partition coefficient (Wildman–Crippen LogP) is 4.00. The zero-order chi connectivity index (χ0) is 14.8. The lowest BCUT2D eigenvalue weighted by Crippen LogP contribution is -2.01. The summed E-state index contributed by atoms with van der Waals surface area (Å²) in [5.41, 5.74) is 1.35. The summed E-state index contributed by atoms with van der Waals surface area (Å²) < 4.78 is 10.3. The number of hydrogen-bond donors (Lipinski definition) is 0. The Labute approximate surface area is 122 Å². The molecule has 0 bridgehead atoms. The lowest BCUT2D eigenvalue weighted by molar-refractivity contribution is -0.140. The molecule has 0 heterocycles. The topological polar surface area (TPSA) is 35.5 Å². The van der Waals surface area contributed by atoms with Crippen molar-refractivity contribution in [1.29, 1.82) is 0 Å². The molecular formula is C17H26O3. The average molecular weight is 278 g/mol. The molecule has 0 saturated carbocycles. The zero-order valence-corrected chi connectivity index (χ0v) is 12.9. The standard InChI is InChI=1S/C17H26O3/c1-14(2)13-15-8-10-16(11-9-15)20-12-6-4-5-7-17(18)19-3/h8-11,14H,4-7,12-13H2,1-3H3. The molecule has 3 nitrogen and oxygen atoms in total. The van der Waals surface area contributed by atoms with Crippen LogP contribution >= 0.6 is 0 Å². The molecule has 1 rings (SSSR count). The van der Waals surface area contributed by atoms with Crippen LogP contribution in [0.15, 0.2) is 24.3 Å². The van der Waals surface area contributed by atoms with E-state index in [0.29, 0.717) is 18.9 Å². The molecule has 0 atom stereocenters. The van der Waals surface area contributed by atoms with E-state index in [1.807, 2.05) is 12.1 Å². The highest BCUT2D eigenvalue weighted by atomic mass is 16.5. The summed E-state index contributed by atoms with van der Waals surface area (Å²) in [6, 6.07) is 8.33. The molecule has 0 aliphatic carbocycles. The van der Waals surface area contributed by atoms with E-state index in [2.05, 4.69) is 30.7 Å². The first-order valence-corrected chi connectivity index (χ1v) is 7.40. The second-order valence-electron chi connectivity index (χ2n) is 5.48. The first-order chi connectivity index (χ1) is 9.61. The van der Waals surface area contributed by atoms with Crippen LogP contribution in [0.1, 0.15) is 45.1 Å². The molecule has 0 aliphatic heterocycles. The first-order valence-electron chi connectivity index (χ1n) is 7.40. The number of unbranched alkanes of at least 4 members (excludes halogenated alkanes) is 2. The molecule has 112 valence electrons. The van der Waals surface area contributed by atoms with Crippen LogP contribution in [0.25, 0.3) is 0 Å². The van der Waals surface area contributed by atoms with Gasteiger partial charge in [-0.1, -0.05) is 26.0 Å². The van der Waals surface area contributed by atoms with Crippen LogP contribution < -0.4 is 4.74 Å².